The van der Waals surface area contributed by atoms with E-state index in [0.717, 1.165) is 34.2 Å². The molecule has 2 amide bonds. The van der Waals surface area contributed by atoms with Gasteiger partial charge < -0.3 is 4.74 Å². The van der Waals surface area contributed by atoms with Crippen molar-refractivity contribution in [2.24, 2.45) is 0 Å². The third kappa shape index (κ3) is 5.19. The maximum absolute atomic E-state index is 12.7. The number of amides is 2. The number of rotatable bonds is 6. The third-order valence-electron chi connectivity index (χ3n) is 4.96. The molecule has 1 aliphatic heterocycles. The summed E-state index contributed by atoms with van der Waals surface area (Å²) in [6, 6.07) is 22.7. The molecular formula is C25H20ClNO3S. The van der Waals surface area contributed by atoms with Gasteiger partial charge in [0, 0.05) is 5.02 Å². The molecule has 0 bridgehead atoms. The number of ether oxygens (including phenoxy) is 1. The van der Waals surface area contributed by atoms with Crippen LogP contribution in [-0.2, 0) is 17.9 Å². The lowest BCUT2D eigenvalue weighted by atomic mass is 10.1. The Morgan fingerprint density at radius 3 is 2.39 bits per heavy atom. The first-order valence-corrected chi connectivity index (χ1v) is 11.0. The molecule has 0 N–H and O–H groups in total. The third-order valence-corrected chi connectivity index (χ3v) is 6.12. The first-order valence-electron chi connectivity index (χ1n) is 9.77. The average Bonchev–Trinajstić information content (AvgIpc) is 3.03. The molecule has 3 aromatic rings. The Labute approximate surface area is 190 Å². The lowest BCUT2D eigenvalue weighted by molar-refractivity contribution is -0.123. The second kappa shape index (κ2) is 9.41. The number of halogens is 1. The van der Waals surface area contributed by atoms with E-state index in [1.54, 1.807) is 18.2 Å². The highest BCUT2D eigenvalue weighted by Crippen LogP contribution is 2.33. The topological polar surface area (TPSA) is 46.6 Å². The lowest BCUT2D eigenvalue weighted by Crippen LogP contribution is -2.27. The van der Waals surface area contributed by atoms with Crippen molar-refractivity contribution >= 4 is 40.6 Å². The fourth-order valence-corrected chi connectivity index (χ4v) is 4.12. The van der Waals surface area contributed by atoms with Gasteiger partial charge in [-0.2, -0.15) is 0 Å². The van der Waals surface area contributed by atoms with E-state index in [9.17, 15) is 9.59 Å². The first kappa shape index (κ1) is 21.2. The molecule has 4 rings (SSSR count). The van der Waals surface area contributed by atoms with Crippen LogP contribution in [0.4, 0.5) is 4.79 Å². The zero-order valence-electron chi connectivity index (χ0n) is 16.9. The van der Waals surface area contributed by atoms with Gasteiger partial charge in [0.1, 0.15) is 12.4 Å². The summed E-state index contributed by atoms with van der Waals surface area (Å²) in [6.07, 6.45) is 1.73. The van der Waals surface area contributed by atoms with Gasteiger partial charge in [-0.05, 0) is 71.3 Å². The van der Waals surface area contributed by atoms with Gasteiger partial charge >= 0.3 is 0 Å². The molecule has 1 saturated heterocycles. The van der Waals surface area contributed by atoms with Gasteiger partial charge in [-0.15, -0.1) is 0 Å². The minimum atomic E-state index is -0.287. The molecule has 0 radical (unpaired) electrons. The van der Waals surface area contributed by atoms with Crippen molar-refractivity contribution < 1.29 is 14.3 Å². The molecule has 1 heterocycles. The van der Waals surface area contributed by atoms with Gasteiger partial charge in [0.05, 0.1) is 11.4 Å². The molecule has 0 unspecified atom stereocenters. The minimum Gasteiger partial charge on any atom is -0.489 e. The number of aryl methyl sites for hydroxylation is 1. The van der Waals surface area contributed by atoms with Crippen molar-refractivity contribution in [1.29, 1.82) is 0 Å². The molecule has 0 aliphatic carbocycles. The highest BCUT2D eigenvalue weighted by atomic mass is 35.5. The van der Waals surface area contributed by atoms with Crippen LogP contribution in [0.15, 0.2) is 77.7 Å². The number of imide groups is 1. The lowest BCUT2D eigenvalue weighted by Gasteiger charge is -2.12. The Hall–Kier alpha value is -3.02. The summed E-state index contributed by atoms with van der Waals surface area (Å²) in [5, 5.41) is 0.341. The van der Waals surface area contributed by atoms with E-state index in [1.165, 1.54) is 10.5 Å². The maximum Gasteiger partial charge on any atom is 0.293 e. The predicted molar refractivity (Wildman–Crippen MR) is 125 cm³/mol. The summed E-state index contributed by atoms with van der Waals surface area (Å²) in [5.41, 5.74) is 4.01. The first-order chi connectivity index (χ1) is 15.0. The molecule has 0 aromatic heterocycles. The van der Waals surface area contributed by atoms with Crippen LogP contribution in [0.25, 0.3) is 6.08 Å². The van der Waals surface area contributed by atoms with Crippen molar-refractivity contribution in [2.45, 2.75) is 20.1 Å². The van der Waals surface area contributed by atoms with Crippen molar-refractivity contribution in [3.63, 3.8) is 0 Å². The van der Waals surface area contributed by atoms with Gasteiger partial charge in [-0.25, -0.2) is 0 Å². The van der Waals surface area contributed by atoms with Crippen molar-refractivity contribution in [1.82, 2.24) is 4.90 Å². The van der Waals surface area contributed by atoms with E-state index < -0.39 is 0 Å². The van der Waals surface area contributed by atoms with E-state index >= 15 is 0 Å². The SMILES string of the molecule is Cc1ccccc1COc1ccc(/C=C2\SC(=O)N(Cc3ccc(Cl)cc3)C2=O)cc1. The summed E-state index contributed by atoms with van der Waals surface area (Å²) in [7, 11) is 0. The van der Waals surface area contributed by atoms with E-state index in [4.69, 9.17) is 16.3 Å². The number of carbonyl (C=O) groups is 2. The van der Waals surface area contributed by atoms with Crippen LogP contribution < -0.4 is 4.74 Å². The molecule has 4 nitrogen and oxygen atoms in total. The average molecular weight is 450 g/mol. The van der Waals surface area contributed by atoms with E-state index in [-0.39, 0.29) is 17.7 Å². The number of benzene rings is 3. The van der Waals surface area contributed by atoms with Crippen LogP contribution in [0.3, 0.4) is 0 Å². The summed E-state index contributed by atoms with van der Waals surface area (Å²) in [4.78, 5) is 26.7. The Kier molecular flexibility index (Phi) is 6.44. The summed E-state index contributed by atoms with van der Waals surface area (Å²) in [6.45, 7) is 2.78. The Bertz CT molecular complexity index is 1140. The highest BCUT2D eigenvalue weighted by Gasteiger charge is 2.34. The van der Waals surface area contributed by atoms with Gasteiger partial charge in [0.15, 0.2) is 0 Å². The monoisotopic (exact) mass is 449 g/mol. The molecule has 1 aliphatic rings. The van der Waals surface area contributed by atoms with E-state index in [2.05, 4.69) is 13.0 Å². The van der Waals surface area contributed by atoms with Crippen molar-refractivity contribution in [2.75, 3.05) is 0 Å². The van der Waals surface area contributed by atoms with Crippen LogP contribution in [0.1, 0.15) is 22.3 Å². The minimum absolute atomic E-state index is 0.227. The van der Waals surface area contributed by atoms with Gasteiger partial charge in [0.2, 0.25) is 0 Å². The molecule has 0 saturated carbocycles. The fourth-order valence-electron chi connectivity index (χ4n) is 3.15. The fraction of sp³-hybridized carbons (Fsp3) is 0.120. The molecule has 0 spiro atoms. The summed E-state index contributed by atoms with van der Waals surface area (Å²) in [5.74, 6) is 0.459. The number of hydrogen-bond acceptors (Lipinski definition) is 4. The molecular weight excluding hydrogens is 430 g/mol. The number of nitrogens with zero attached hydrogens (tertiary/aromatic N) is 1. The maximum atomic E-state index is 12.7. The van der Waals surface area contributed by atoms with Gasteiger partial charge in [-0.1, -0.05) is 60.1 Å². The predicted octanol–water partition coefficient (Wildman–Crippen LogP) is 6.46. The molecule has 156 valence electrons. The molecule has 0 atom stereocenters. The standard InChI is InChI=1S/C25H20ClNO3S/c1-17-4-2-3-5-20(17)16-30-22-12-8-18(9-13-22)14-23-24(28)27(25(29)31-23)15-19-6-10-21(26)11-7-19/h2-14H,15-16H2,1H3/b23-14-. The molecule has 6 heteroatoms. The molecule has 3 aromatic carbocycles. The second-order valence-corrected chi connectivity index (χ2v) is 8.61. The Morgan fingerprint density at radius 1 is 0.968 bits per heavy atom. The summed E-state index contributed by atoms with van der Waals surface area (Å²) < 4.78 is 5.86. The Morgan fingerprint density at radius 2 is 1.68 bits per heavy atom. The smallest absolute Gasteiger partial charge is 0.293 e. The van der Waals surface area contributed by atoms with Crippen LogP contribution in [0.2, 0.25) is 5.02 Å². The van der Waals surface area contributed by atoms with Crippen LogP contribution in [0, 0.1) is 6.92 Å². The highest BCUT2D eigenvalue weighted by molar-refractivity contribution is 8.18. The Balaban J connectivity index is 1.41. The van der Waals surface area contributed by atoms with Gasteiger partial charge in [-0.3, -0.25) is 14.5 Å². The van der Waals surface area contributed by atoms with Crippen LogP contribution >= 0.6 is 23.4 Å². The van der Waals surface area contributed by atoms with Crippen LogP contribution in [0.5, 0.6) is 5.75 Å². The molecule has 31 heavy (non-hydrogen) atoms. The number of thioether (sulfide) groups is 1. The molecule has 1 fully saturated rings. The van der Waals surface area contributed by atoms with E-state index in [0.29, 0.717) is 16.5 Å². The number of carbonyl (C=O) groups excluding carboxylic acids is 2. The van der Waals surface area contributed by atoms with Crippen molar-refractivity contribution in [3.8, 4) is 5.75 Å². The second-order valence-electron chi connectivity index (χ2n) is 7.18. The zero-order valence-corrected chi connectivity index (χ0v) is 18.5. The largest absolute Gasteiger partial charge is 0.489 e. The zero-order chi connectivity index (χ0) is 21.8. The van der Waals surface area contributed by atoms with Crippen molar-refractivity contribution in [3.05, 3.63) is 105 Å². The normalized spacial score (nSPS) is 15.0. The van der Waals surface area contributed by atoms with Gasteiger partial charge in [0.25, 0.3) is 11.1 Å². The van der Waals surface area contributed by atoms with Crippen LogP contribution in [-0.4, -0.2) is 16.0 Å². The van der Waals surface area contributed by atoms with E-state index in [1.807, 2.05) is 54.6 Å². The number of hydrogen-bond donors (Lipinski definition) is 0. The summed E-state index contributed by atoms with van der Waals surface area (Å²) >= 11 is 6.85. The quantitative estimate of drug-likeness (QED) is 0.405.